The number of rotatable bonds is 9. The summed E-state index contributed by atoms with van der Waals surface area (Å²) in [6.45, 7) is 3.82. The van der Waals surface area contributed by atoms with Crippen molar-refractivity contribution in [2.75, 3.05) is 19.6 Å². The van der Waals surface area contributed by atoms with Crippen molar-refractivity contribution in [2.24, 2.45) is 24.8 Å². The second-order valence-corrected chi connectivity index (χ2v) is 10.7. The van der Waals surface area contributed by atoms with Gasteiger partial charge in [0.15, 0.2) is 0 Å². The van der Waals surface area contributed by atoms with Gasteiger partial charge in [0.2, 0.25) is 5.76 Å². The smallest absolute Gasteiger partial charge is 0.304 e. The molecule has 0 amide bonds. The quantitative estimate of drug-likeness (QED) is 0.564. The van der Waals surface area contributed by atoms with E-state index >= 15 is 0 Å². The summed E-state index contributed by atoms with van der Waals surface area (Å²) in [5, 5.41) is 12.2. The molecular formula is C24H33F2N5O2. The molecule has 3 heterocycles. The molecule has 2 atom stereocenters. The van der Waals surface area contributed by atoms with E-state index in [4.69, 9.17) is 4.52 Å². The van der Waals surface area contributed by atoms with Crippen LogP contribution in [0.4, 0.5) is 8.78 Å². The van der Waals surface area contributed by atoms with Crippen LogP contribution in [-0.2, 0) is 29.6 Å². The minimum Gasteiger partial charge on any atom is -0.355 e. The fourth-order valence-corrected chi connectivity index (χ4v) is 6.03. The van der Waals surface area contributed by atoms with Crippen LogP contribution in [0.15, 0.2) is 16.8 Å². The molecule has 0 bridgehead atoms. The van der Waals surface area contributed by atoms with Crippen molar-refractivity contribution in [3.8, 4) is 0 Å². The monoisotopic (exact) mass is 461 g/mol. The van der Waals surface area contributed by atoms with Gasteiger partial charge in [-0.25, -0.2) is 0 Å². The summed E-state index contributed by atoms with van der Waals surface area (Å²) in [4.78, 5) is 16.3. The van der Waals surface area contributed by atoms with E-state index in [1.807, 2.05) is 0 Å². The van der Waals surface area contributed by atoms with E-state index in [1.54, 1.807) is 13.2 Å². The third-order valence-electron chi connectivity index (χ3n) is 8.03. The molecule has 1 saturated heterocycles. The van der Waals surface area contributed by atoms with Gasteiger partial charge in [-0.05, 0) is 50.0 Å². The number of carbonyl (C=O) groups excluding carboxylic acids is 1. The van der Waals surface area contributed by atoms with Crippen LogP contribution in [0.1, 0.15) is 69.0 Å². The first-order valence-corrected chi connectivity index (χ1v) is 12.2. The van der Waals surface area contributed by atoms with E-state index in [2.05, 4.69) is 20.3 Å². The first kappa shape index (κ1) is 22.6. The second-order valence-electron chi connectivity index (χ2n) is 10.7. The Morgan fingerprint density at radius 3 is 2.70 bits per heavy atom. The Kier molecular flexibility index (Phi) is 5.87. The topological polar surface area (TPSA) is 77.0 Å². The number of carbonyl (C=O) groups is 1. The number of halogens is 2. The molecule has 7 nitrogen and oxygen atoms in total. The molecular weight excluding hydrogens is 428 g/mol. The molecule has 1 aliphatic heterocycles. The van der Waals surface area contributed by atoms with Crippen LogP contribution in [-0.4, -0.2) is 50.5 Å². The van der Waals surface area contributed by atoms with Gasteiger partial charge in [-0.3, -0.25) is 4.79 Å². The van der Waals surface area contributed by atoms with Crippen LogP contribution in [0, 0.1) is 17.8 Å². The maximum absolute atomic E-state index is 13.5. The molecule has 9 heteroatoms. The predicted molar refractivity (Wildman–Crippen MR) is 117 cm³/mol. The van der Waals surface area contributed by atoms with E-state index in [9.17, 15) is 13.6 Å². The molecule has 2 aromatic rings. The van der Waals surface area contributed by atoms with E-state index in [1.165, 1.54) is 30.1 Å². The molecule has 2 aromatic heterocycles. The van der Waals surface area contributed by atoms with Gasteiger partial charge in [0, 0.05) is 45.0 Å². The Balaban J connectivity index is 1.03. The lowest BCUT2D eigenvalue weighted by atomic mass is 9.78. The van der Waals surface area contributed by atoms with Crippen LogP contribution in [0.3, 0.4) is 0 Å². The Bertz CT molecular complexity index is 991. The van der Waals surface area contributed by atoms with E-state index in [0.29, 0.717) is 36.3 Å². The molecule has 0 unspecified atom stereocenters. The molecule has 5 rings (SSSR count). The average molecular weight is 462 g/mol. The van der Waals surface area contributed by atoms with Crippen molar-refractivity contribution in [3.05, 3.63) is 29.4 Å². The number of alkyl halides is 2. The van der Waals surface area contributed by atoms with Crippen LogP contribution in [0.25, 0.3) is 0 Å². The second kappa shape index (κ2) is 8.56. The molecule has 33 heavy (non-hydrogen) atoms. The van der Waals surface area contributed by atoms with Crippen LogP contribution in [0.2, 0.25) is 0 Å². The first-order chi connectivity index (χ1) is 15.7. The number of ketones is 1. The largest absolute Gasteiger partial charge is 0.355 e. The van der Waals surface area contributed by atoms with Crippen molar-refractivity contribution in [1.29, 1.82) is 0 Å². The third kappa shape index (κ3) is 4.88. The Hall–Kier alpha value is -2.16. The number of piperidine rings is 1. The number of fused-ring (bicyclic) bond motifs is 1. The van der Waals surface area contributed by atoms with Crippen LogP contribution >= 0.6 is 0 Å². The number of aromatic nitrogens is 4. The molecule has 2 saturated carbocycles. The maximum atomic E-state index is 13.5. The fourth-order valence-electron chi connectivity index (χ4n) is 6.03. The fraction of sp³-hybridized carbons (Fsp3) is 0.750. The highest BCUT2D eigenvalue weighted by Gasteiger charge is 2.62. The summed E-state index contributed by atoms with van der Waals surface area (Å²) in [7, 11) is 1.76. The standard InChI is InChI=1S/C24H33F2N5O2/c1-23(25,26)22-11-21(29-33-22)24-12-18(24)14-31(15-24)8-7-16-3-5-17(6-4-16)9-20(32)10-19-13-27-30(2)28-19/h11,13,16-18H,3-10,12,14-15H2,1-2H3/t16?,17?,18-,24-/m0/s1. The first-order valence-electron chi connectivity index (χ1n) is 12.2. The lowest BCUT2D eigenvalue weighted by molar-refractivity contribution is -0.119. The SMILES string of the molecule is Cn1ncc(CC(=O)CC2CCC(CCN3C[C@@H]4C[C@]4(c4cc(C(C)(F)F)on4)C3)CC2)n1. The Morgan fingerprint density at radius 1 is 1.27 bits per heavy atom. The van der Waals surface area contributed by atoms with Gasteiger partial charge < -0.3 is 9.42 Å². The normalized spacial score (nSPS) is 29.9. The highest BCUT2D eigenvalue weighted by atomic mass is 19.3. The molecule has 0 aromatic carbocycles. The lowest BCUT2D eigenvalue weighted by Gasteiger charge is -2.30. The van der Waals surface area contributed by atoms with E-state index < -0.39 is 5.92 Å². The zero-order chi connectivity index (χ0) is 23.2. The summed E-state index contributed by atoms with van der Waals surface area (Å²) in [5.41, 5.74) is 1.38. The van der Waals surface area contributed by atoms with Crippen molar-refractivity contribution < 1.29 is 18.1 Å². The Labute approximate surface area is 192 Å². The van der Waals surface area contributed by atoms with Crippen LogP contribution in [0.5, 0.6) is 0 Å². The molecule has 2 aliphatic carbocycles. The average Bonchev–Trinajstić information content (AvgIpc) is 3.18. The van der Waals surface area contributed by atoms with Gasteiger partial charge >= 0.3 is 5.92 Å². The molecule has 0 spiro atoms. The van der Waals surface area contributed by atoms with Gasteiger partial charge in [0.1, 0.15) is 5.78 Å². The van der Waals surface area contributed by atoms with Gasteiger partial charge in [-0.1, -0.05) is 18.0 Å². The van der Waals surface area contributed by atoms with E-state index in [0.717, 1.165) is 51.5 Å². The van der Waals surface area contributed by atoms with Crippen LogP contribution < -0.4 is 0 Å². The predicted octanol–water partition coefficient (Wildman–Crippen LogP) is 3.89. The van der Waals surface area contributed by atoms with Gasteiger partial charge in [-0.2, -0.15) is 23.8 Å². The maximum Gasteiger partial charge on any atom is 0.304 e. The molecule has 180 valence electrons. The number of hydrogen-bond donors (Lipinski definition) is 0. The molecule has 0 radical (unpaired) electrons. The summed E-state index contributed by atoms with van der Waals surface area (Å²) in [6.07, 6.45) is 9.51. The Morgan fingerprint density at radius 2 is 2.03 bits per heavy atom. The van der Waals surface area contributed by atoms with E-state index in [-0.39, 0.29) is 17.0 Å². The van der Waals surface area contributed by atoms with Crippen molar-refractivity contribution in [1.82, 2.24) is 25.1 Å². The number of Topliss-reactive ketones (excluding diaryl/α,β-unsaturated/α-hetero) is 1. The van der Waals surface area contributed by atoms with Crippen molar-refractivity contribution in [2.45, 2.75) is 69.6 Å². The number of hydrogen-bond acceptors (Lipinski definition) is 6. The zero-order valence-corrected chi connectivity index (χ0v) is 19.5. The summed E-state index contributed by atoms with van der Waals surface area (Å²) in [6, 6.07) is 1.47. The number of nitrogens with zero attached hydrogens (tertiary/aromatic N) is 5. The summed E-state index contributed by atoms with van der Waals surface area (Å²) >= 11 is 0. The minimum absolute atomic E-state index is 0.0752. The van der Waals surface area contributed by atoms with Gasteiger partial charge in [-0.15, -0.1) is 0 Å². The molecule has 3 aliphatic rings. The molecule has 0 N–H and O–H groups in total. The lowest BCUT2D eigenvalue weighted by Crippen LogP contribution is -2.29. The molecule has 3 fully saturated rings. The highest BCUT2D eigenvalue weighted by molar-refractivity contribution is 5.80. The number of aryl methyl sites for hydroxylation is 1. The highest BCUT2D eigenvalue weighted by Crippen LogP contribution is 2.59. The van der Waals surface area contributed by atoms with Crippen molar-refractivity contribution in [3.63, 3.8) is 0 Å². The third-order valence-corrected chi connectivity index (χ3v) is 8.03. The minimum atomic E-state index is -2.98. The van der Waals surface area contributed by atoms with Gasteiger partial charge in [0.25, 0.3) is 0 Å². The zero-order valence-electron chi connectivity index (χ0n) is 19.5. The van der Waals surface area contributed by atoms with Gasteiger partial charge in [0.05, 0.1) is 24.0 Å². The summed E-state index contributed by atoms with van der Waals surface area (Å²) < 4.78 is 32.0. The van der Waals surface area contributed by atoms with Crippen molar-refractivity contribution >= 4 is 5.78 Å². The summed E-state index contributed by atoms with van der Waals surface area (Å²) in [5.74, 6) is -1.34. The number of likely N-dealkylation sites (tertiary alicyclic amines) is 1.